The topological polar surface area (TPSA) is 105 Å². The number of ether oxygens (including phenoxy) is 1. The first-order chi connectivity index (χ1) is 15.2. The van der Waals surface area contributed by atoms with Crippen LogP contribution >= 0.6 is 23.2 Å². The van der Waals surface area contributed by atoms with Crippen LogP contribution in [0, 0.1) is 4.78 Å². The van der Waals surface area contributed by atoms with Crippen molar-refractivity contribution in [2.24, 2.45) is 0 Å². The maximum absolute atomic E-state index is 11.8. The summed E-state index contributed by atoms with van der Waals surface area (Å²) in [4.78, 5) is 8.09. The molecule has 164 valence electrons. The average Bonchev–Trinajstić information content (AvgIpc) is 3.14. The van der Waals surface area contributed by atoms with Crippen molar-refractivity contribution in [2.75, 3.05) is 6.26 Å². The first-order valence-corrected chi connectivity index (χ1v) is 12.3. The van der Waals surface area contributed by atoms with E-state index in [1.54, 1.807) is 18.3 Å². The lowest BCUT2D eigenvalue weighted by Crippen LogP contribution is -2.05. The molecule has 2 atom stereocenters. The molecule has 0 saturated heterocycles. The molecule has 3 aromatic heterocycles. The van der Waals surface area contributed by atoms with E-state index in [2.05, 4.69) is 20.2 Å². The summed E-state index contributed by atoms with van der Waals surface area (Å²) in [6, 6.07) is 9.00. The molecule has 10 heteroatoms. The minimum absolute atomic E-state index is 0.255. The Balaban J connectivity index is 1.58. The fraction of sp³-hybridized carbons (Fsp3) is 0.136. The molecular weight excluding hydrogens is 469 g/mol. The van der Waals surface area contributed by atoms with Crippen LogP contribution in [0.4, 0.5) is 0 Å². The van der Waals surface area contributed by atoms with Gasteiger partial charge in [-0.05, 0) is 42.8 Å². The van der Waals surface area contributed by atoms with Crippen LogP contribution in [0.25, 0.3) is 23.1 Å². The van der Waals surface area contributed by atoms with Gasteiger partial charge in [0.15, 0.2) is 0 Å². The van der Waals surface area contributed by atoms with Crippen LogP contribution in [0.15, 0.2) is 53.9 Å². The van der Waals surface area contributed by atoms with Gasteiger partial charge in [0.05, 0.1) is 31.0 Å². The van der Waals surface area contributed by atoms with Crippen molar-refractivity contribution in [2.45, 2.75) is 18.1 Å². The van der Waals surface area contributed by atoms with Crippen LogP contribution in [-0.2, 0) is 9.73 Å². The highest BCUT2D eigenvalue weighted by atomic mass is 35.5. The molecule has 4 rings (SSSR count). The number of nitrogens with one attached hydrogen (secondary N) is 2. The lowest BCUT2D eigenvalue weighted by molar-refractivity contribution is 0.227. The third kappa shape index (κ3) is 4.77. The van der Waals surface area contributed by atoms with Crippen molar-refractivity contribution in [3.05, 3.63) is 75.8 Å². The Bertz CT molecular complexity index is 1400. The zero-order chi connectivity index (χ0) is 22.9. The number of pyridine rings is 2. The van der Waals surface area contributed by atoms with Gasteiger partial charge in [0, 0.05) is 35.8 Å². The van der Waals surface area contributed by atoms with E-state index in [-0.39, 0.29) is 11.1 Å². The van der Waals surface area contributed by atoms with Gasteiger partial charge in [0.2, 0.25) is 0 Å². The van der Waals surface area contributed by atoms with Gasteiger partial charge in [-0.3, -0.25) is 10.1 Å². The van der Waals surface area contributed by atoms with Crippen LogP contribution in [0.5, 0.6) is 5.75 Å². The summed E-state index contributed by atoms with van der Waals surface area (Å²) in [6.45, 7) is 1.87. The molecule has 1 unspecified atom stereocenters. The highest BCUT2D eigenvalue weighted by molar-refractivity contribution is 7.91. The number of aromatic amines is 1. The molecule has 0 spiro atoms. The highest BCUT2D eigenvalue weighted by Gasteiger charge is 2.16. The molecule has 3 heterocycles. The third-order valence-electron chi connectivity index (χ3n) is 4.77. The second kappa shape index (κ2) is 8.90. The van der Waals surface area contributed by atoms with Gasteiger partial charge in [-0.1, -0.05) is 35.3 Å². The Kier molecular flexibility index (Phi) is 6.19. The second-order valence-corrected chi connectivity index (χ2v) is 10.1. The van der Waals surface area contributed by atoms with Crippen molar-refractivity contribution >= 4 is 56.0 Å². The van der Waals surface area contributed by atoms with E-state index in [0.717, 1.165) is 22.2 Å². The van der Waals surface area contributed by atoms with E-state index in [9.17, 15) is 4.21 Å². The first kappa shape index (κ1) is 22.3. The Morgan fingerprint density at radius 2 is 1.88 bits per heavy atom. The van der Waals surface area contributed by atoms with Gasteiger partial charge in [0.1, 0.15) is 16.9 Å². The van der Waals surface area contributed by atoms with Crippen LogP contribution in [0.3, 0.4) is 0 Å². The zero-order valence-electron chi connectivity index (χ0n) is 17.2. The first-order valence-electron chi connectivity index (χ1n) is 9.54. The van der Waals surface area contributed by atoms with Gasteiger partial charge < -0.3 is 4.74 Å². The molecule has 0 saturated carbocycles. The molecular formula is C22H19Cl2N5O2S. The van der Waals surface area contributed by atoms with Crippen LogP contribution in [0.1, 0.15) is 29.8 Å². The number of fused-ring (bicyclic) bond motifs is 1. The number of H-pyrrole nitrogens is 1. The SMILES string of the molecule is C[C@H](Oc1ccc2[nH]nc(/C=C/c3ccc(S(C)(=N)=O)nc3)c2c1)c1c(Cl)cncc1Cl. The zero-order valence-corrected chi connectivity index (χ0v) is 19.5. The van der Waals surface area contributed by atoms with Crippen LogP contribution in [0.2, 0.25) is 10.0 Å². The summed E-state index contributed by atoms with van der Waals surface area (Å²) >= 11 is 12.5. The number of benzene rings is 1. The molecule has 7 nitrogen and oxygen atoms in total. The predicted molar refractivity (Wildman–Crippen MR) is 128 cm³/mol. The maximum Gasteiger partial charge on any atom is 0.135 e. The molecule has 2 N–H and O–H groups in total. The van der Waals surface area contributed by atoms with E-state index < -0.39 is 9.73 Å². The Labute approximate surface area is 195 Å². The molecule has 0 radical (unpaired) electrons. The van der Waals surface area contributed by atoms with E-state index in [4.69, 9.17) is 32.7 Å². The largest absolute Gasteiger partial charge is 0.486 e. The predicted octanol–water partition coefficient (Wildman–Crippen LogP) is 6.01. The number of halogens is 2. The van der Waals surface area contributed by atoms with Gasteiger partial charge in [-0.15, -0.1) is 0 Å². The van der Waals surface area contributed by atoms with Crippen LogP contribution < -0.4 is 4.74 Å². The standard InChI is InChI=1S/C22H19Cl2N5O2S/c1-13(22-17(23)11-26-12-18(22)24)31-15-5-7-20-16(9-15)19(28-29-20)6-3-14-4-8-21(27-10-14)32(2,25)30/h3-13,25H,1-2H3,(H,28,29)/b6-3+/t13-,32?/m0/s1. The Hall–Kier alpha value is -2.94. The third-order valence-corrected chi connectivity index (χ3v) is 6.41. The van der Waals surface area contributed by atoms with Gasteiger partial charge in [0.25, 0.3) is 0 Å². The normalized spacial score (nSPS) is 14.5. The van der Waals surface area contributed by atoms with Crippen molar-refractivity contribution in [1.29, 1.82) is 4.78 Å². The van der Waals surface area contributed by atoms with Gasteiger partial charge >= 0.3 is 0 Å². The van der Waals surface area contributed by atoms with Gasteiger partial charge in [-0.25, -0.2) is 14.0 Å². The molecule has 0 fully saturated rings. The van der Waals surface area contributed by atoms with E-state index in [0.29, 0.717) is 21.4 Å². The lowest BCUT2D eigenvalue weighted by Gasteiger charge is -2.17. The molecule has 0 amide bonds. The van der Waals surface area contributed by atoms with E-state index in [1.165, 1.54) is 18.6 Å². The number of hydrogen-bond acceptors (Lipinski definition) is 6. The van der Waals surface area contributed by atoms with Crippen LogP contribution in [-0.4, -0.2) is 30.6 Å². The molecule has 0 aliphatic carbocycles. The smallest absolute Gasteiger partial charge is 0.135 e. The average molecular weight is 488 g/mol. The number of aromatic nitrogens is 4. The summed E-state index contributed by atoms with van der Waals surface area (Å²) in [5.41, 5.74) is 3.06. The minimum atomic E-state index is -2.83. The number of nitrogens with zero attached hydrogens (tertiary/aromatic N) is 3. The summed E-state index contributed by atoms with van der Waals surface area (Å²) in [7, 11) is -2.83. The van der Waals surface area contributed by atoms with Crippen molar-refractivity contribution in [1.82, 2.24) is 20.2 Å². The molecule has 1 aromatic carbocycles. The summed E-state index contributed by atoms with van der Waals surface area (Å²) in [6.07, 6.45) is 9.32. The number of rotatable bonds is 6. The second-order valence-electron chi connectivity index (χ2n) is 7.20. The maximum atomic E-state index is 11.8. The molecule has 0 aliphatic heterocycles. The fourth-order valence-corrected chi connectivity index (χ4v) is 4.44. The van der Waals surface area contributed by atoms with Crippen molar-refractivity contribution < 1.29 is 8.95 Å². The van der Waals surface area contributed by atoms with E-state index >= 15 is 0 Å². The molecule has 0 aliphatic rings. The van der Waals surface area contributed by atoms with E-state index in [1.807, 2.05) is 37.3 Å². The number of hydrogen-bond donors (Lipinski definition) is 2. The van der Waals surface area contributed by atoms with Crippen molar-refractivity contribution in [3.63, 3.8) is 0 Å². The molecule has 0 bridgehead atoms. The fourth-order valence-electron chi connectivity index (χ4n) is 3.18. The summed E-state index contributed by atoms with van der Waals surface area (Å²) < 4.78 is 25.5. The Morgan fingerprint density at radius 3 is 2.53 bits per heavy atom. The molecule has 32 heavy (non-hydrogen) atoms. The van der Waals surface area contributed by atoms with Crippen molar-refractivity contribution in [3.8, 4) is 5.75 Å². The summed E-state index contributed by atoms with van der Waals surface area (Å²) in [5.74, 6) is 0.643. The van der Waals surface area contributed by atoms with Gasteiger partial charge in [-0.2, -0.15) is 5.10 Å². The Morgan fingerprint density at radius 1 is 1.12 bits per heavy atom. The quantitative estimate of drug-likeness (QED) is 0.346. The highest BCUT2D eigenvalue weighted by Crippen LogP contribution is 2.33. The lowest BCUT2D eigenvalue weighted by atomic mass is 10.1. The monoisotopic (exact) mass is 487 g/mol. The minimum Gasteiger partial charge on any atom is -0.486 e. The molecule has 4 aromatic rings. The summed E-state index contributed by atoms with van der Waals surface area (Å²) in [5, 5.41) is 9.39.